The Balaban J connectivity index is 1.60. The molecule has 1 atom stereocenters. The van der Waals surface area contributed by atoms with E-state index < -0.39 is 11.9 Å². The van der Waals surface area contributed by atoms with Gasteiger partial charge in [-0.05, 0) is 30.4 Å². The zero-order chi connectivity index (χ0) is 16.7. The number of rotatable bonds is 2. The summed E-state index contributed by atoms with van der Waals surface area (Å²) in [7, 11) is 0. The van der Waals surface area contributed by atoms with Crippen LogP contribution in [0.5, 0.6) is 0 Å². The van der Waals surface area contributed by atoms with Gasteiger partial charge < -0.3 is 4.90 Å². The number of aromatic nitrogens is 2. The van der Waals surface area contributed by atoms with Crippen LogP contribution in [0.3, 0.4) is 0 Å². The van der Waals surface area contributed by atoms with E-state index >= 15 is 0 Å². The third-order valence-corrected chi connectivity index (χ3v) is 6.18. The molecule has 126 valence electrons. The minimum atomic E-state index is -4.36. The fourth-order valence-electron chi connectivity index (χ4n) is 3.11. The molecule has 1 saturated heterocycles. The number of anilines is 1. The molecule has 24 heavy (non-hydrogen) atoms. The molecule has 3 aromatic rings. The van der Waals surface area contributed by atoms with Crippen molar-refractivity contribution in [2.45, 2.75) is 24.9 Å². The Morgan fingerprint density at radius 3 is 2.88 bits per heavy atom. The lowest BCUT2D eigenvalue weighted by molar-refractivity contribution is -0.140. The number of thiophene rings is 1. The number of halogens is 3. The van der Waals surface area contributed by atoms with Crippen molar-refractivity contribution >= 4 is 38.6 Å². The summed E-state index contributed by atoms with van der Waals surface area (Å²) in [6.07, 6.45) is -0.753. The summed E-state index contributed by atoms with van der Waals surface area (Å²) >= 11 is 2.76. The van der Waals surface area contributed by atoms with Crippen LogP contribution in [-0.2, 0) is 6.18 Å². The van der Waals surface area contributed by atoms with Gasteiger partial charge in [0.05, 0.1) is 20.9 Å². The smallest absolute Gasteiger partial charge is 0.370 e. The average molecular weight is 369 g/mol. The standard InChI is InChI=1S/C16H14F3N3S2/c17-16(18,19)13-9-24-15(21-13)10-2-1-6-22(8-10)12-3-5-20-11-4-7-23-14(11)12/h3-5,7,9-10H,1-2,6,8H2. The number of thiazole rings is 1. The van der Waals surface area contributed by atoms with Crippen LogP contribution in [0.2, 0.25) is 0 Å². The highest BCUT2D eigenvalue weighted by molar-refractivity contribution is 7.17. The molecule has 1 aliphatic rings. The molecule has 0 saturated carbocycles. The second-order valence-corrected chi connectivity index (χ2v) is 7.62. The molecule has 0 N–H and O–H groups in total. The number of fused-ring (bicyclic) bond motifs is 1. The van der Waals surface area contributed by atoms with Gasteiger partial charge in [0.1, 0.15) is 0 Å². The molecule has 0 bridgehead atoms. The van der Waals surface area contributed by atoms with Crippen LogP contribution in [0.25, 0.3) is 10.2 Å². The first-order valence-electron chi connectivity index (χ1n) is 7.62. The van der Waals surface area contributed by atoms with Crippen molar-refractivity contribution in [3.63, 3.8) is 0 Å². The van der Waals surface area contributed by atoms with E-state index in [-0.39, 0.29) is 5.92 Å². The highest BCUT2D eigenvalue weighted by Crippen LogP contribution is 2.38. The van der Waals surface area contributed by atoms with E-state index in [0.717, 1.165) is 52.0 Å². The van der Waals surface area contributed by atoms with E-state index in [4.69, 9.17) is 0 Å². The second kappa shape index (κ2) is 6.00. The van der Waals surface area contributed by atoms with Crippen molar-refractivity contribution in [3.8, 4) is 0 Å². The fraction of sp³-hybridized carbons (Fsp3) is 0.375. The third-order valence-electron chi connectivity index (χ3n) is 4.25. The number of alkyl halides is 3. The van der Waals surface area contributed by atoms with E-state index in [2.05, 4.69) is 14.9 Å². The predicted molar refractivity (Wildman–Crippen MR) is 90.9 cm³/mol. The summed E-state index contributed by atoms with van der Waals surface area (Å²) in [6, 6.07) is 3.98. The van der Waals surface area contributed by atoms with Gasteiger partial charge in [-0.3, -0.25) is 4.98 Å². The van der Waals surface area contributed by atoms with Crippen LogP contribution >= 0.6 is 22.7 Å². The summed E-state index contributed by atoms with van der Waals surface area (Å²) in [5, 5.41) is 3.72. The molecule has 1 unspecified atom stereocenters. The molecule has 0 radical (unpaired) electrons. The average Bonchev–Trinajstić information content (AvgIpc) is 3.23. The number of pyridine rings is 1. The molecule has 1 aliphatic heterocycles. The maximum Gasteiger partial charge on any atom is 0.434 e. The summed E-state index contributed by atoms with van der Waals surface area (Å²) in [5.41, 5.74) is 1.31. The maximum absolute atomic E-state index is 12.8. The monoisotopic (exact) mass is 369 g/mol. The van der Waals surface area contributed by atoms with Crippen LogP contribution in [-0.4, -0.2) is 23.1 Å². The van der Waals surface area contributed by atoms with Gasteiger partial charge in [0.2, 0.25) is 0 Å². The normalized spacial score (nSPS) is 19.1. The Morgan fingerprint density at radius 1 is 1.21 bits per heavy atom. The van der Waals surface area contributed by atoms with E-state index in [1.165, 1.54) is 0 Å². The Hall–Kier alpha value is -1.67. The van der Waals surface area contributed by atoms with Crippen LogP contribution in [0.1, 0.15) is 29.5 Å². The Kier molecular flexibility index (Phi) is 3.96. The zero-order valence-corrected chi connectivity index (χ0v) is 14.2. The van der Waals surface area contributed by atoms with Gasteiger partial charge in [-0.1, -0.05) is 0 Å². The number of nitrogens with zero attached hydrogens (tertiary/aromatic N) is 3. The second-order valence-electron chi connectivity index (χ2n) is 5.82. The molecular formula is C16H14F3N3S2. The Bertz CT molecular complexity index is 855. The molecule has 0 aromatic carbocycles. The molecule has 0 spiro atoms. The van der Waals surface area contributed by atoms with Crippen LogP contribution < -0.4 is 4.90 Å². The quantitative estimate of drug-likeness (QED) is 0.625. The van der Waals surface area contributed by atoms with Gasteiger partial charge in [0.25, 0.3) is 0 Å². The molecule has 3 nitrogen and oxygen atoms in total. The van der Waals surface area contributed by atoms with E-state index in [1.807, 2.05) is 17.5 Å². The Labute approximate surface area is 144 Å². The molecular weight excluding hydrogens is 355 g/mol. The van der Waals surface area contributed by atoms with Crippen molar-refractivity contribution in [1.82, 2.24) is 9.97 Å². The van der Waals surface area contributed by atoms with Gasteiger partial charge in [-0.2, -0.15) is 13.2 Å². The lowest BCUT2D eigenvalue weighted by atomic mass is 9.98. The van der Waals surface area contributed by atoms with Gasteiger partial charge in [-0.25, -0.2) is 4.98 Å². The first-order valence-corrected chi connectivity index (χ1v) is 9.38. The topological polar surface area (TPSA) is 29.0 Å². The number of piperidine rings is 1. The SMILES string of the molecule is FC(F)(F)c1csc(C2CCCN(c3ccnc4ccsc34)C2)n1. The van der Waals surface area contributed by atoms with Crippen molar-refractivity contribution in [2.75, 3.05) is 18.0 Å². The van der Waals surface area contributed by atoms with Crippen LogP contribution in [0.15, 0.2) is 29.1 Å². The molecule has 0 aliphatic carbocycles. The van der Waals surface area contributed by atoms with Crippen molar-refractivity contribution < 1.29 is 13.2 Å². The van der Waals surface area contributed by atoms with Crippen LogP contribution in [0, 0.1) is 0 Å². The third kappa shape index (κ3) is 2.88. The summed E-state index contributed by atoms with van der Waals surface area (Å²) < 4.78 is 39.5. The minimum absolute atomic E-state index is 0.0445. The minimum Gasteiger partial charge on any atom is -0.370 e. The number of hydrogen-bond donors (Lipinski definition) is 0. The number of hydrogen-bond acceptors (Lipinski definition) is 5. The van der Waals surface area contributed by atoms with Gasteiger partial charge in [-0.15, -0.1) is 22.7 Å². The van der Waals surface area contributed by atoms with Gasteiger partial charge in [0.15, 0.2) is 5.69 Å². The predicted octanol–water partition coefficient (Wildman–Crippen LogP) is 5.16. The zero-order valence-electron chi connectivity index (χ0n) is 12.6. The fourth-order valence-corrected chi connectivity index (χ4v) is 4.96. The van der Waals surface area contributed by atoms with Crippen molar-refractivity contribution in [1.29, 1.82) is 0 Å². The maximum atomic E-state index is 12.8. The van der Waals surface area contributed by atoms with E-state index in [0.29, 0.717) is 11.6 Å². The molecule has 8 heteroatoms. The summed E-state index contributed by atoms with van der Waals surface area (Å²) in [5.74, 6) is 0.0445. The highest BCUT2D eigenvalue weighted by Gasteiger charge is 2.35. The highest BCUT2D eigenvalue weighted by atomic mass is 32.1. The van der Waals surface area contributed by atoms with Crippen LogP contribution in [0.4, 0.5) is 18.9 Å². The van der Waals surface area contributed by atoms with Gasteiger partial charge in [0, 0.05) is 30.6 Å². The van der Waals surface area contributed by atoms with Gasteiger partial charge >= 0.3 is 6.18 Å². The molecule has 4 heterocycles. The summed E-state index contributed by atoms with van der Waals surface area (Å²) in [6.45, 7) is 1.60. The first-order chi connectivity index (χ1) is 11.5. The van der Waals surface area contributed by atoms with E-state index in [1.54, 1.807) is 17.5 Å². The van der Waals surface area contributed by atoms with E-state index in [9.17, 15) is 13.2 Å². The lowest BCUT2D eigenvalue weighted by Gasteiger charge is -2.33. The van der Waals surface area contributed by atoms with Crippen molar-refractivity contribution in [2.24, 2.45) is 0 Å². The summed E-state index contributed by atoms with van der Waals surface area (Å²) in [4.78, 5) is 10.4. The molecule has 4 rings (SSSR count). The first kappa shape index (κ1) is 15.8. The molecule has 0 amide bonds. The Morgan fingerprint density at radius 2 is 2.08 bits per heavy atom. The molecule has 3 aromatic heterocycles. The molecule has 1 fully saturated rings. The lowest BCUT2D eigenvalue weighted by Crippen LogP contribution is -2.34. The largest absolute Gasteiger partial charge is 0.434 e. The van der Waals surface area contributed by atoms with Crippen molar-refractivity contribution in [3.05, 3.63) is 39.8 Å².